The summed E-state index contributed by atoms with van der Waals surface area (Å²) in [4.78, 5) is 24.2. The second-order valence-electron chi connectivity index (χ2n) is 8.00. The molecule has 1 amide bonds. The van der Waals surface area contributed by atoms with E-state index in [4.69, 9.17) is 4.42 Å². The number of piperidine rings is 1. The minimum atomic E-state index is -0.263. The Balaban J connectivity index is 1.39. The van der Waals surface area contributed by atoms with Crippen LogP contribution in [0.5, 0.6) is 0 Å². The standard InChI is InChI=1S/C24H23FN4O2/c1-16-5-4-7-22-27-20(15-29(16)22)24(30)28-12-3-2-6-21(28)23-26-14-19(31-23)13-17-8-10-18(25)11-9-17/h4-5,7-11,14-15,21H,2-3,6,12-13H2,1H3/t21-/m1/s1. The van der Waals surface area contributed by atoms with E-state index in [1.54, 1.807) is 24.5 Å². The first kappa shape index (κ1) is 19.5. The molecular formula is C24H23FN4O2. The van der Waals surface area contributed by atoms with Crippen molar-refractivity contribution < 1.29 is 13.6 Å². The van der Waals surface area contributed by atoms with Crippen LogP contribution in [0.4, 0.5) is 4.39 Å². The Bertz CT molecular complexity index is 1230. The van der Waals surface area contributed by atoms with Gasteiger partial charge in [-0.05, 0) is 56.0 Å². The quantitative estimate of drug-likeness (QED) is 0.481. The number of amides is 1. The van der Waals surface area contributed by atoms with Gasteiger partial charge in [0.1, 0.15) is 29.0 Å². The molecule has 1 atom stereocenters. The molecule has 1 aliphatic heterocycles. The SMILES string of the molecule is Cc1cccc2nc(C(=O)N3CCCC[C@@H]3c3ncc(Cc4ccc(F)cc4)o3)cn12. The minimum absolute atomic E-state index is 0.105. The smallest absolute Gasteiger partial charge is 0.274 e. The molecule has 7 heteroatoms. The van der Waals surface area contributed by atoms with Crippen LogP contribution < -0.4 is 0 Å². The largest absolute Gasteiger partial charge is 0.443 e. The molecule has 3 aromatic heterocycles. The minimum Gasteiger partial charge on any atom is -0.443 e. The predicted octanol–water partition coefficient (Wildman–Crippen LogP) is 4.73. The van der Waals surface area contributed by atoms with Gasteiger partial charge in [0.25, 0.3) is 5.91 Å². The Labute approximate surface area is 179 Å². The van der Waals surface area contributed by atoms with E-state index < -0.39 is 0 Å². The summed E-state index contributed by atoms with van der Waals surface area (Å²) in [5.41, 5.74) is 3.16. The van der Waals surface area contributed by atoms with Gasteiger partial charge in [-0.15, -0.1) is 0 Å². The van der Waals surface area contributed by atoms with E-state index in [9.17, 15) is 9.18 Å². The maximum Gasteiger partial charge on any atom is 0.274 e. The van der Waals surface area contributed by atoms with Crippen LogP contribution in [0.1, 0.15) is 58.7 Å². The highest BCUT2D eigenvalue weighted by atomic mass is 19.1. The molecule has 1 fully saturated rings. The van der Waals surface area contributed by atoms with E-state index in [0.717, 1.165) is 36.2 Å². The molecular weight excluding hydrogens is 395 g/mol. The molecule has 0 bridgehead atoms. The van der Waals surface area contributed by atoms with E-state index in [1.165, 1.54) is 12.1 Å². The Morgan fingerprint density at radius 3 is 2.84 bits per heavy atom. The van der Waals surface area contributed by atoms with Crippen LogP contribution in [0.2, 0.25) is 0 Å². The number of halogens is 1. The molecule has 4 aromatic rings. The van der Waals surface area contributed by atoms with Crippen LogP contribution in [0.15, 0.2) is 59.3 Å². The number of rotatable bonds is 4. The molecule has 0 saturated carbocycles. The third-order valence-corrected chi connectivity index (χ3v) is 5.83. The fraction of sp³-hybridized carbons (Fsp3) is 0.292. The van der Waals surface area contributed by atoms with E-state index in [1.807, 2.05) is 34.4 Å². The third-order valence-electron chi connectivity index (χ3n) is 5.83. The zero-order valence-electron chi connectivity index (χ0n) is 17.3. The molecule has 6 nitrogen and oxygen atoms in total. The molecule has 1 aromatic carbocycles. The molecule has 158 valence electrons. The monoisotopic (exact) mass is 418 g/mol. The molecule has 0 N–H and O–H groups in total. The number of hydrogen-bond acceptors (Lipinski definition) is 4. The summed E-state index contributed by atoms with van der Waals surface area (Å²) in [6, 6.07) is 11.9. The fourth-order valence-electron chi connectivity index (χ4n) is 4.19. The molecule has 0 aliphatic carbocycles. The number of imidazole rings is 1. The highest BCUT2D eigenvalue weighted by Gasteiger charge is 2.33. The maximum atomic E-state index is 13.3. The lowest BCUT2D eigenvalue weighted by Gasteiger charge is -2.33. The van der Waals surface area contributed by atoms with Crippen molar-refractivity contribution in [2.24, 2.45) is 0 Å². The van der Waals surface area contributed by atoms with E-state index >= 15 is 0 Å². The predicted molar refractivity (Wildman–Crippen MR) is 113 cm³/mol. The topological polar surface area (TPSA) is 63.6 Å². The van der Waals surface area contributed by atoms with Gasteiger partial charge < -0.3 is 13.7 Å². The van der Waals surface area contributed by atoms with Crippen LogP contribution in [0, 0.1) is 12.7 Å². The zero-order valence-corrected chi connectivity index (χ0v) is 17.3. The van der Waals surface area contributed by atoms with Crippen molar-refractivity contribution in [1.29, 1.82) is 0 Å². The number of carbonyl (C=O) groups is 1. The molecule has 31 heavy (non-hydrogen) atoms. The van der Waals surface area contributed by atoms with Crippen LogP contribution in [0.3, 0.4) is 0 Å². The normalized spacial score (nSPS) is 16.7. The summed E-state index contributed by atoms with van der Waals surface area (Å²) in [5.74, 6) is 0.875. The van der Waals surface area contributed by atoms with Crippen LogP contribution in [0.25, 0.3) is 5.65 Å². The number of oxazole rings is 1. The number of nitrogens with zero attached hydrogens (tertiary/aromatic N) is 4. The first-order chi connectivity index (χ1) is 15.1. The molecule has 5 rings (SSSR count). The van der Waals surface area contributed by atoms with Crippen LogP contribution >= 0.6 is 0 Å². The average molecular weight is 418 g/mol. The van der Waals surface area contributed by atoms with Crippen molar-refractivity contribution in [2.75, 3.05) is 6.54 Å². The van der Waals surface area contributed by atoms with Gasteiger partial charge in [-0.1, -0.05) is 18.2 Å². The summed E-state index contributed by atoms with van der Waals surface area (Å²) >= 11 is 0. The molecule has 1 aliphatic rings. The van der Waals surface area contributed by atoms with Crippen molar-refractivity contribution in [3.05, 3.63) is 89.3 Å². The number of benzene rings is 1. The first-order valence-electron chi connectivity index (χ1n) is 10.5. The highest BCUT2D eigenvalue weighted by Crippen LogP contribution is 2.32. The van der Waals surface area contributed by atoms with Crippen LogP contribution in [-0.2, 0) is 6.42 Å². The number of pyridine rings is 1. The second-order valence-corrected chi connectivity index (χ2v) is 8.00. The van der Waals surface area contributed by atoms with Gasteiger partial charge in [0.05, 0.1) is 6.20 Å². The molecule has 1 saturated heterocycles. The van der Waals surface area contributed by atoms with Crippen molar-refractivity contribution in [3.8, 4) is 0 Å². The number of aromatic nitrogens is 3. The average Bonchev–Trinajstić information content (AvgIpc) is 3.43. The van der Waals surface area contributed by atoms with Gasteiger partial charge in [0.15, 0.2) is 0 Å². The molecule has 0 radical (unpaired) electrons. The lowest BCUT2D eigenvalue weighted by atomic mass is 10.0. The van der Waals surface area contributed by atoms with Gasteiger partial charge in [-0.25, -0.2) is 14.4 Å². The number of aryl methyl sites for hydroxylation is 1. The van der Waals surface area contributed by atoms with Crippen molar-refractivity contribution in [3.63, 3.8) is 0 Å². The van der Waals surface area contributed by atoms with Gasteiger partial charge >= 0.3 is 0 Å². The Hall–Kier alpha value is -3.48. The first-order valence-corrected chi connectivity index (χ1v) is 10.5. The van der Waals surface area contributed by atoms with E-state index in [-0.39, 0.29) is 17.8 Å². The number of likely N-dealkylation sites (tertiary alicyclic amines) is 1. The lowest BCUT2D eigenvalue weighted by Crippen LogP contribution is -2.38. The molecule has 4 heterocycles. The van der Waals surface area contributed by atoms with Crippen molar-refractivity contribution >= 4 is 11.6 Å². The zero-order chi connectivity index (χ0) is 21.4. The van der Waals surface area contributed by atoms with E-state index in [2.05, 4.69) is 9.97 Å². The van der Waals surface area contributed by atoms with Gasteiger partial charge in [-0.3, -0.25) is 4.79 Å². The highest BCUT2D eigenvalue weighted by molar-refractivity contribution is 5.93. The second kappa shape index (κ2) is 7.98. The lowest BCUT2D eigenvalue weighted by molar-refractivity contribution is 0.0564. The summed E-state index contributed by atoms with van der Waals surface area (Å²) in [5, 5.41) is 0. The Kier molecular flexibility index (Phi) is 5.02. The van der Waals surface area contributed by atoms with Crippen LogP contribution in [-0.4, -0.2) is 31.7 Å². The summed E-state index contributed by atoms with van der Waals surface area (Å²) in [7, 11) is 0. The number of fused-ring (bicyclic) bond motifs is 1. The van der Waals surface area contributed by atoms with Crippen molar-refractivity contribution in [1.82, 2.24) is 19.3 Å². The van der Waals surface area contributed by atoms with E-state index in [0.29, 0.717) is 30.3 Å². The van der Waals surface area contributed by atoms with Crippen molar-refractivity contribution in [2.45, 2.75) is 38.6 Å². The number of carbonyl (C=O) groups excluding carboxylic acids is 1. The van der Waals surface area contributed by atoms with Gasteiger partial charge in [0.2, 0.25) is 5.89 Å². The fourth-order valence-corrected chi connectivity index (χ4v) is 4.19. The van der Waals surface area contributed by atoms with Gasteiger partial charge in [-0.2, -0.15) is 0 Å². The summed E-state index contributed by atoms with van der Waals surface area (Å²) < 4.78 is 21.1. The Morgan fingerprint density at radius 1 is 1.19 bits per heavy atom. The molecule has 0 unspecified atom stereocenters. The maximum absolute atomic E-state index is 13.3. The van der Waals surface area contributed by atoms with Gasteiger partial charge in [0, 0.05) is 24.9 Å². The summed E-state index contributed by atoms with van der Waals surface area (Å²) in [6.45, 7) is 2.63. The summed E-state index contributed by atoms with van der Waals surface area (Å²) in [6.07, 6.45) is 6.78. The molecule has 0 spiro atoms. The number of hydrogen-bond donors (Lipinski definition) is 0. The Morgan fingerprint density at radius 2 is 2.03 bits per heavy atom. The third kappa shape index (κ3) is 3.83.